The number of fused-ring (bicyclic) bond motifs is 1. The smallest absolute Gasteiger partial charge is 0.237 e. The molecular formula is C12H15N5O2. The van der Waals surface area contributed by atoms with Crippen LogP contribution in [0.5, 0.6) is 0 Å². The molecule has 0 atom stereocenters. The summed E-state index contributed by atoms with van der Waals surface area (Å²) in [6.45, 7) is 0. The van der Waals surface area contributed by atoms with Gasteiger partial charge in [0.15, 0.2) is 0 Å². The summed E-state index contributed by atoms with van der Waals surface area (Å²) in [4.78, 5) is 4.27. The molecule has 0 aliphatic heterocycles. The first-order valence-electron chi connectivity index (χ1n) is 6.06. The van der Waals surface area contributed by atoms with Crippen molar-refractivity contribution in [2.24, 2.45) is 5.73 Å². The first kappa shape index (κ1) is 11.8. The van der Waals surface area contributed by atoms with Gasteiger partial charge in [0.2, 0.25) is 5.95 Å². The zero-order valence-corrected chi connectivity index (χ0v) is 10.2. The second kappa shape index (κ2) is 4.13. The molecule has 1 saturated carbocycles. The number of anilines is 1. The number of aliphatic hydroxyl groups is 1. The van der Waals surface area contributed by atoms with Gasteiger partial charge >= 0.3 is 0 Å². The van der Waals surface area contributed by atoms with Gasteiger partial charge in [-0.05, 0) is 25.0 Å². The molecule has 1 fully saturated rings. The first-order valence-corrected chi connectivity index (χ1v) is 6.06. The zero-order valence-electron chi connectivity index (χ0n) is 10.2. The zero-order chi connectivity index (χ0) is 13.6. The molecule has 0 bridgehead atoms. The van der Waals surface area contributed by atoms with Crippen molar-refractivity contribution >= 4 is 22.8 Å². The second-order valence-corrected chi connectivity index (χ2v) is 4.80. The number of nitrogen functional groups attached to an aromatic ring is 1. The topological polar surface area (TPSA) is 120 Å². The molecule has 19 heavy (non-hydrogen) atoms. The fourth-order valence-corrected chi connectivity index (χ4v) is 2.31. The Morgan fingerprint density at radius 3 is 2.84 bits per heavy atom. The van der Waals surface area contributed by atoms with Gasteiger partial charge in [-0.25, -0.2) is 4.98 Å². The van der Waals surface area contributed by atoms with E-state index in [4.69, 9.17) is 11.1 Å². The number of benzene rings is 1. The Balaban J connectivity index is 2.00. The van der Waals surface area contributed by atoms with E-state index in [1.165, 1.54) is 0 Å². The molecule has 0 saturated heterocycles. The van der Waals surface area contributed by atoms with Crippen LogP contribution in [0.15, 0.2) is 18.2 Å². The van der Waals surface area contributed by atoms with Crippen molar-refractivity contribution in [3.63, 3.8) is 0 Å². The summed E-state index contributed by atoms with van der Waals surface area (Å²) in [5, 5.41) is 30.0. The molecule has 1 aromatic carbocycles. The average molecular weight is 261 g/mol. The largest absolute Gasteiger partial charge is 0.425 e. The molecule has 0 amide bonds. The third kappa shape index (κ3) is 1.88. The highest BCUT2D eigenvalue weighted by atomic mass is 16.5. The minimum absolute atomic E-state index is 0.110. The highest BCUT2D eigenvalue weighted by molar-refractivity contribution is 6.06. The molecule has 3 rings (SSSR count). The Hall–Kier alpha value is -2.28. The number of nitrogens with zero attached hydrogens (tertiary/aromatic N) is 2. The van der Waals surface area contributed by atoms with Crippen LogP contribution in [-0.2, 0) is 0 Å². The lowest BCUT2D eigenvalue weighted by molar-refractivity contribution is 0.0823. The number of hydrogen-bond donors (Lipinski definition) is 5. The Labute approximate surface area is 109 Å². The van der Waals surface area contributed by atoms with Gasteiger partial charge in [-0.15, -0.1) is 4.73 Å². The summed E-state index contributed by atoms with van der Waals surface area (Å²) >= 11 is 0. The quantitative estimate of drug-likeness (QED) is 0.313. The molecule has 1 heterocycles. The van der Waals surface area contributed by atoms with E-state index in [1.54, 1.807) is 18.2 Å². The molecule has 100 valence electrons. The van der Waals surface area contributed by atoms with Crippen LogP contribution in [-0.4, -0.2) is 38.0 Å². The van der Waals surface area contributed by atoms with Crippen molar-refractivity contribution in [3.05, 3.63) is 23.8 Å². The van der Waals surface area contributed by atoms with Crippen LogP contribution in [0.2, 0.25) is 0 Å². The summed E-state index contributed by atoms with van der Waals surface area (Å²) in [6.07, 6.45) is 1.01. The van der Waals surface area contributed by atoms with Gasteiger partial charge < -0.3 is 21.4 Å². The van der Waals surface area contributed by atoms with Gasteiger partial charge in [-0.1, -0.05) is 6.07 Å². The molecule has 6 N–H and O–H groups in total. The van der Waals surface area contributed by atoms with E-state index in [-0.39, 0.29) is 18.0 Å². The van der Waals surface area contributed by atoms with Crippen LogP contribution in [0.4, 0.5) is 5.95 Å². The number of nitrogens with one attached hydrogen (secondary N) is 2. The maximum absolute atomic E-state index is 10.1. The van der Waals surface area contributed by atoms with Crippen LogP contribution >= 0.6 is 0 Å². The van der Waals surface area contributed by atoms with Crippen molar-refractivity contribution in [2.75, 3.05) is 5.32 Å². The molecule has 0 radical (unpaired) electrons. The van der Waals surface area contributed by atoms with Gasteiger partial charge in [0, 0.05) is 11.6 Å². The van der Waals surface area contributed by atoms with Crippen LogP contribution in [0, 0.1) is 5.41 Å². The monoisotopic (exact) mass is 261 g/mol. The van der Waals surface area contributed by atoms with E-state index in [0.29, 0.717) is 35.4 Å². The van der Waals surface area contributed by atoms with Crippen molar-refractivity contribution in [3.8, 4) is 0 Å². The number of aliphatic hydroxyl groups excluding tert-OH is 1. The maximum Gasteiger partial charge on any atom is 0.237 e. The fourth-order valence-electron chi connectivity index (χ4n) is 2.31. The summed E-state index contributed by atoms with van der Waals surface area (Å²) in [5.74, 6) is 0.187. The Morgan fingerprint density at radius 1 is 1.47 bits per heavy atom. The highest BCUT2D eigenvalue weighted by Crippen LogP contribution is 2.26. The Morgan fingerprint density at radius 2 is 2.21 bits per heavy atom. The third-order valence-corrected chi connectivity index (χ3v) is 3.39. The summed E-state index contributed by atoms with van der Waals surface area (Å²) in [5.41, 5.74) is 6.91. The van der Waals surface area contributed by atoms with Gasteiger partial charge in [-0.2, -0.15) is 0 Å². The van der Waals surface area contributed by atoms with Crippen LogP contribution in [0.25, 0.3) is 11.0 Å². The van der Waals surface area contributed by atoms with Crippen molar-refractivity contribution in [1.82, 2.24) is 9.71 Å². The molecule has 7 nitrogen and oxygen atoms in total. The SMILES string of the molecule is N=C(N)c1cccc2nc(NC3CC(O)C3)n(O)c12. The van der Waals surface area contributed by atoms with E-state index in [1.807, 2.05) is 0 Å². The lowest BCUT2D eigenvalue weighted by Crippen LogP contribution is -2.39. The van der Waals surface area contributed by atoms with E-state index in [0.717, 1.165) is 4.73 Å². The average Bonchev–Trinajstić information content (AvgIpc) is 2.64. The highest BCUT2D eigenvalue weighted by Gasteiger charge is 2.28. The van der Waals surface area contributed by atoms with E-state index in [9.17, 15) is 10.3 Å². The maximum atomic E-state index is 10.1. The lowest BCUT2D eigenvalue weighted by Gasteiger charge is -2.31. The normalized spacial score (nSPS) is 22.2. The van der Waals surface area contributed by atoms with Gasteiger partial charge in [0.25, 0.3) is 0 Å². The first-order chi connectivity index (χ1) is 9.06. The number of imidazole rings is 1. The number of para-hydroxylation sites is 1. The van der Waals surface area contributed by atoms with E-state index in [2.05, 4.69) is 10.3 Å². The number of aromatic nitrogens is 2. The molecule has 0 unspecified atom stereocenters. The lowest BCUT2D eigenvalue weighted by atomic mass is 9.90. The predicted octanol–water partition coefficient (Wildman–Crippen LogP) is 0.493. The Kier molecular flexibility index (Phi) is 2.56. The van der Waals surface area contributed by atoms with Crippen LogP contribution < -0.4 is 11.1 Å². The number of amidine groups is 1. The van der Waals surface area contributed by atoms with Gasteiger partial charge in [-0.3, -0.25) is 5.41 Å². The summed E-state index contributed by atoms with van der Waals surface area (Å²) in [6, 6.07) is 5.26. The Bertz CT molecular complexity index is 645. The van der Waals surface area contributed by atoms with Gasteiger partial charge in [0.1, 0.15) is 11.4 Å². The standard InChI is InChI=1S/C12H15N5O2/c13-11(14)8-2-1-3-9-10(8)17(19)12(16-9)15-6-4-7(18)5-6/h1-3,6-7,18-19H,4-5H2,(H3,13,14)(H,15,16). The van der Waals surface area contributed by atoms with E-state index < -0.39 is 0 Å². The molecule has 0 spiro atoms. The predicted molar refractivity (Wildman–Crippen MR) is 70.6 cm³/mol. The van der Waals surface area contributed by atoms with Crippen LogP contribution in [0.1, 0.15) is 18.4 Å². The number of hydrogen-bond acceptors (Lipinski definition) is 5. The molecule has 1 aliphatic rings. The van der Waals surface area contributed by atoms with Crippen LogP contribution in [0.3, 0.4) is 0 Å². The number of rotatable bonds is 3. The van der Waals surface area contributed by atoms with Crippen molar-refractivity contribution < 1.29 is 10.3 Å². The van der Waals surface area contributed by atoms with E-state index >= 15 is 0 Å². The molecule has 1 aliphatic carbocycles. The number of nitrogens with two attached hydrogens (primary N) is 1. The second-order valence-electron chi connectivity index (χ2n) is 4.80. The van der Waals surface area contributed by atoms with Crippen molar-refractivity contribution in [2.45, 2.75) is 25.0 Å². The fraction of sp³-hybridized carbons (Fsp3) is 0.333. The molecule has 1 aromatic heterocycles. The summed E-state index contributed by atoms with van der Waals surface area (Å²) < 4.78 is 0.913. The minimum Gasteiger partial charge on any atom is -0.425 e. The third-order valence-electron chi connectivity index (χ3n) is 3.39. The summed E-state index contributed by atoms with van der Waals surface area (Å²) in [7, 11) is 0. The minimum atomic E-state index is -0.276. The van der Waals surface area contributed by atoms with Gasteiger partial charge in [0.05, 0.1) is 11.6 Å². The molecule has 2 aromatic rings. The van der Waals surface area contributed by atoms with Crippen molar-refractivity contribution in [1.29, 1.82) is 5.41 Å². The molecular weight excluding hydrogens is 246 g/mol. The molecule has 7 heteroatoms.